The molecule has 7 rings (SSSR count). The van der Waals surface area contributed by atoms with E-state index in [1.807, 2.05) is 32.0 Å². The van der Waals surface area contributed by atoms with Crippen molar-refractivity contribution in [1.82, 2.24) is 4.90 Å². The molecule has 0 spiro atoms. The number of likely N-dealkylation sites (tertiary alicyclic amines) is 1. The van der Waals surface area contributed by atoms with Crippen molar-refractivity contribution in [3.8, 4) is 11.5 Å². The number of aliphatic carboxylic acids is 1. The van der Waals surface area contributed by atoms with Gasteiger partial charge in [-0.2, -0.15) is 0 Å². The Morgan fingerprint density at radius 3 is 2.55 bits per heavy atom. The predicted molar refractivity (Wildman–Crippen MR) is 103 cm³/mol. The van der Waals surface area contributed by atoms with Gasteiger partial charge in [-0.3, -0.25) is 9.59 Å². The van der Waals surface area contributed by atoms with Crippen LogP contribution >= 0.6 is 0 Å². The van der Waals surface area contributed by atoms with Crippen molar-refractivity contribution in [3.05, 3.63) is 23.8 Å². The van der Waals surface area contributed by atoms with E-state index in [0.29, 0.717) is 18.8 Å². The highest BCUT2D eigenvalue weighted by atomic mass is 16.7. The van der Waals surface area contributed by atoms with Crippen LogP contribution in [0, 0.1) is 28.6 Å². The maximum absolute atomic E-state index is 13.3. The van der Waals surface area contributed by atoms with Gasteiger partial charge in [0.1, 0.15) is 0 Å². The minimum atomic E-state index is -0.631. The number of carboxylic acids is 1. The number of para-hydroxylation sites is 1. The molecule has 0 aromatic heterocycles. The van der Waals surface area contributed by atoms with Crippen LogP contribution in [0.15, 0.2) is 18.2 Å². The fraction of sp³-hybridized carbons (Fsp3) is 0.652. The summed E-state index contributed by atoms with van der Waals surface area (Å²) in [5.74, 6) is 2.12. The number of hydrogen-bond donors (Lipinski definition) is 1. The monoisotopic (exact) mass is 397 g/mol. The fourth-order valence-corrected chi connectivity index (χ4v) is 7.58. The van der Waals surface area contributed by atoms with Crippen LogP contribution in [0.4, 0.5) is 0 Å². The number of benzene rings is 1. The van der Waals surface area contributed by atoms with E-state index in [4.69, 9.17) is 9.47 Å². The van der Waals surface area contributed by atoms with Crippen LogP contribution in [-0.2, 0) is 9.59 Å². The molecule has 4 aliphatic carbocycles. The number of ether oxygens (including phenoxy) is 2. The van der Waals surface area contributed by atoms with Gasteiger partial charge in [-0.1, -0.05) is 12.1 Å². The van der Waals surface area contributed by atoms with Crippen LogP contribution in [0.3, 0.4) is 0 Å². The molecule has 1 N–H and O–H groups in total. The first-order valence-electron chi connectivity index (χ1n) is 10.8. The summed E-state index contributed by atoms with van der Waals surface area (Å²) in [7, 11) is 0. The van der Waals surface area contributed by atoms with Gasteiger partial charge >= 0.3 is 5.97 Å². The minimum Gasteiger partial charge on any atom is -0.481 e. The zero-order chi connectivity index (χ0) is 20.1. The third kappa shape index (κ3) is 2.12. The molecule has 1 aromatic rings. The van der Waals surface area contributed by atoms with Crippen molar-refractivity contribution in [2.45, 2.75) is 58.0 Å². The summed E-state index contributed by atoms with van der Waals surface area (Å²) in [6.45, 7) is 4.24. The normalized spacial score (nSPS) is 40.8. The van der Waals surface area contributed by atoms with Gasteiger partial charge < -0.3 is 19.5 Å². The van der Waals surface area contributed by atoms with E-state index < -0.39 is 16.8 Å². The standard InChI is InChI=1S/C23H27NO5/c1-22(2)19(15-4-3-5-16-18(15)29-11-28-16)24(20(22)25)17-13-6-12-7-14(17)10-23(8-12,9-13)21(26)27/h3-5,12-14,17,19H,6-11H2,1-2H3,(H,26,27). The Morgan fingerprint density at radius 1 is 1.14 bits per heavy atom. The summed E-state index contributed by atoms with van der Waals surface area (Å²) < 4.78 is 11.4. The van der Waals surface area contributed by atoms with Crippen LogP contribution in [0.25, 0.3) is 0 Å². The topological polar surface area (TPSA) is 76.1 Å². The average Bonchev–Trinajstić information content (AvgIpc) is 3.15. The highest BCUT2D eigenvalue weighted by Crippen LogP contribution is 2.65. The molecule has 2 heterocycles. The van der Waals surface area contributed by atoms with E-state index in [1.165, 1.54) is 0 Å². The molecular weight excluding hydrogens is 370 g/mol. The SMILES string of the molecule is CC1(C)C(=O)N(C2C3CC4CC2CC(C(=O)O)(C4)C3)C1c1cccc2c1OCO2. The summed E-state index contributed by atoms with van der Waals surface area (Å²) in [5.41, 5.74) is -0.0387. The van der Waals surface area contributed by atoms with E-state index in [-0.39, 0.29) is 36.6 Å². The number of carboxylic acid groups (broad SMARTS) is 1. The van der Waals surface area contributed by atoms with Gasteiger partial charge in [0.05, 0.1) is 16.9 Å². The molecule has 3 atom stereocenters. The van der Waals surface area contributed by atoms with Crippen LogP contribution in [0.5, 0.6) is 11.5 Å². The van der Waals surface area contributed by atoms with Crippen molar-refractivity contribution in [3.63, 3.8) is 0 Å². The average molecular weight is 397 g/mol. The second-order valence-corrected chi connectivity index (χ2v) is 10.5. The number of carbonyl (C=O) groups excluding carboxylic acids is 1. The minimum absolute atomic E-state index is 0.0602. The fourth-order valence-electron chi connectivity index (χ4n) is 7.58. The summed E-state index contributed by atoms with van der Waals surface area (Å²) >= 11 is 0. The number of β-lactam (4-membered cyclic amide) rings is 1. The lowest BCUT2D eigenvalue weighted by Crippen LogP contribution is -2.70. The molecule has 4 saturated carbocycles. The van der Waals surface area contributed by atoms with Gasteiger partial charge in [-0.25, -0.2) is 0 Å². The zero-order valence-corrected chi connectivity index (χ0v) is 16.9. The van der Waals surface area contributed by atoms with Crippen molar-refractivity contribution in [2.24, 2.45) is 28.6 Å². The molecule has 6 nitrogen and oxygen atoms in total. The number of rotatable bonds is 3. The van der Waals surface area contributed by atoms with Gasteiger partial charge in [0, 0.05) is 11.6 Å². The van der Waals surface area contributed by atoms with Gasteiger partial charge in [-0.15, -0.1) is 0 Å². The lowest BCUT2D eigenvalue weighted by atomic mass is 9.47. The lowest BCUT2D eigenvalue weighted by Gasteiger charge is -2.66. The Kier molecular flexibility index (Phi) is 3.32. The summed E-state index contributed by atoms with van der Waals surface area (Å²) in [6, 6.07) is 6.01. The molecule has 6 aliphatic rings. The second kappa shape index (κ2) is 5.46. The lowest BCUT2D eigenvalue weighted by molar-refractivity contribution is -0.202. The van der Waals surface area contributed by atoms with Crippen LogP contribution in [0.2, 0.25) is 0 Å². The quantitative estimate of drug-likeness (QED) is 0.789. The molecule has 2 aliphatic heterocycles. The number of fused-ring (bicyclic) bond motifs is 1. The van der Waals surface area contributed by atoms with Crippen molar-refractivity contribution < 1.29 is 24.2 Å². The van der Waals surface area contributed by atoms with Gasteiger partial charge in [0.25, 0.3) is 0 Å². The maximum atomic E-state index is 13.3. The predicted octanol–water partition coefficient (Wildman–Crippen LogP) is 3.60. The Balaban J connectivity index is 1.39. The van der Waals surface area contributed by atoms with Crippen LogP contribution in [-0.4, -0.2) is 34.7 Å². The number of hydrogen-bond acceptors (Lipinski definition) is 4. The zero-order valence-electron chi connectivity index (χ0n) is 16.9. The van der Waals surface area contributed by atoms with Crippen molar-refractivity contribution in [1.29, 1.82) is 0 Å². The Bertz CT molecular complexity index is 908. The van der Waals surface area contributed by atoms with E-state index in [9.17, 15) is 14.7 Å². The van der Waals surface area contributed by atoms with Gasteiger partial charge in [-0.05, 0) is 69.8 Å². The van der Waals surface area contributed by atoms with Crippen LogP contribution < -0.4 is 9.47 Å². The molecule has 1 saturated heterocycles. The van der Waals surface area contributed by atoms with E-state index in [1.54, 1.807) is 0 Å². The number of carbonyl (C=O) groups is 2. The first-order valence-corrected chi connectivity index (χ1v) is 10.8. The first kappa shape index (κ1) is 17.6. The molecule has 0 radical (unpaired) electrons. The summed E-state index contributed by atoms with van der Waals surface area (Å²) in [4.78, 5) is 27.5. The number of amides is 1. The molecule has 29 heavy (non-hydrogen) atoms. The number of nitrogens with zero attached hydrogens (tertiary/aromatic N) is 1. The van der Waals surface area contributed by atoms with Crippen LogP contribution in [0.1, 0.15) is 57.6 Å². The third-order valence-corrected chi connectivity index (χ3v) is 8.47. The van der Waals surface area contributed by atoms with Crippen molar-refractivity contribution in [2.75, 3.05) is 6.79 Å². The highest BCUT2D eigenvalue weighted by Gasteiger charge is 2.66. The highest BCUT2D eigenvalue weighted by molar-refractivity contribution is 5.91. The van der Waals surface area contributed by atoms with Crippen molar-refractivity contribution >= 4 is 11.9 Å². The van der Waals surface area contributed by atoms with Gasteiger partial charge in [0.2, 0.25) is 12.7 Å². The molecule has 154 valence electrons. The Labute approximate surface area is 170 Å². The maximum Gasteiger partial charge on any atom is 0.309 e. The summed E-state index contributed by atoms with van der Waals surface area (Å²) in [5, 5.41) is 9.93. The first-order chi connectivity index (χ1) is 13.8. The second-order valence-electron chi connectivity index (χ2n) is 10.5. The summed E-state index contributed by atoms with van der Waals surface area (Å²) in [6.07, 6.45) is 4.36. The van der Waals surface area contributed by atoms with E-state index in [2.05, 4.69) is 4.90 Å². The smallest absolute Gasteiger partial charge is 0.309 e. The Morgan fingerprint density at radius 2 is 1.86 bits per heavy atom. The Hall–Kier alpha value is -2.24. The molecule has 5 fully saturated rings. The van der Waals surface area contributed by atoms with E-state index >= 15 is 0 Å². The van der Waals surface area contributed by atoms with Gasteiger partial charge in [0.15, 0.2) is 11.5 Å². The molecule has 6 heteroatoms. The molecule has 1 amide bonds. The third-order valence-electron chi connectivity index (χ3n) is 8.47. The molecular formula is C23H27NO5. The largest absolute Gasteiger partial charge is 0.481 e. The van der Waals surface area contributed by atoms with E-state index in [0.717, 1.165) is 36.3 Å². The molecule has 4 bridgehead atoms. The molecule has 3 unspecified atom stereocenters. The molecule has 1 aromatic carbocycles.